The molecule has 1 N–H and O–H groups in total. The molecule has 0 fully saturated rings. The first-order chi connectivity index (χ1) is 7.70. The number of hydrogen-bond donors (Lipinski definition) is 1. The highest BCUT2D eigenvalue weighted by atomic mass is 15.2. The van der Waals surface area contributed by atoms with Gasteiger partial charge in [0.15, 0.2) is 0 Å². The Labute approximate surface area is 95.1 Å². The number of hydrogen-bond acceptors (Lipinski definition) is 3. The molecule has 0 radical (unpaired) electrons. The summed E-state index contributed by atoms with van der Waals surface area (Å²) in [5, 5.41) is 7.45. The second-order valence-corrected chi connectivity index (χ2v) is 3.96. The Kier molecular flexibility index (Phi) is 3.05. The molecule has 86 valence electrons. The van der Waals surface area contributed by atoms with Crippen LogP contribution >= 0.6 is 0 Å². The maximum atomic E-state index is 4.36. The van der Waals surface area contributed by atoms with E-state index in [-0.39, 0.29) is 6.04 Å². The quantitative estimate of drug-likeness (QED) is 0.821. The Hall–Kier alpha value is -1.62. The molecule has 0 saturated heterocycles. The van der Waals surface area contributed by atoms with E-state index >= 15 is 0 Å². The summed E-state index contributed by atoms with van der Waals surface area (Å²) >= 11 is 0. The first kappa shape index (κ1) is 10.9. The van der Waals surface area contributed by atoms with Crippen molar-refractivity contribution in [3.8, 4) is 0 Å². The molecule has 2 heterocycles. The number of nitrogens with one attached hydrogen (secondary N) is 1. The summed E-state index contributed by atoms with van der Waals surface area (Å²) < 4.78 is 3.86. The van der Waals surface area contributed by atoms with Gasteiger partial charge in [0.1, 0.15) is 5.82 Å². The van der Waals surface area contributed by atoms with E-state index in [2.05, 4.69) is 15.4 Å². The third kappa shape index (κ3) is 2.14. The first-order valence-electron chi connectivity index (χ1n) is 5.32. The summed E-state index contributed by atoms with van der Waals surface area (Å²) in [6.45, 7) is 0. The van der Waals surface area contributed by atoms with Crippen molar-refractivity contribution in [2.45, 2.75) is 12.5 Å². The van der Waals surface area contributed by atoms with E-state index in [1.165, 1.54) is 5.56 Å². The third-order valence-corrected chi connectivity index (χ3v) is 2.72. The fraction of sp³-hybridized carbons (Fsp3) is 0.455. The van der Waals surface area contributed by atoms with Crippen molar-refractivity contribution in [2.75, 3.05) is 7.05 Å². The van der Waals surface area contributed by atoms with E-state index in [1.807, 2.05) is 55.2 Å². The molecule has 0 spiro atoms. The molecular formula is C11H17N5. The smallest absolute Gasteiger partial charge is 0.125 e. The second-order valence-electron chi connectivity index (χ2n) is 3.96. The predicted molar refractivity (Wildman–Crippen MR) is 61.9 cm³/mol. The molecule has 1 atom stereocenters. The highest BCUT2D eigenvalue weighted by molar-refractivity contribution is 5.10. The van der Waals surface area contributed by atoms with Crippen LogP contribution in [0.1, 0.15) is 17.4 Å². The molecule has 0 aliphatic heterocycles. The van der Waals surface area contributed by atoms with Gasteiger partial charge in [0.2, 0.25) is 0 Å². The van der Waals surface area contributed by atoms with Gasteiger partial charge in [-0.15, -0.1) is 0 Å². The summed E-state index contributed by atoms with van der Waals surface area (Å²) in [5.74, 6) is 1.05. The molecule has 5 heteroatoms. The SMILES string of the molecule is CNC(Cc1cnn(C)c1)c1nccn1C. The van der Waals surface area contributed by atoms with Crippen molar-refractivity contribution >= 4 is 0 Å². The second kappa shape index (κ2) is 4.49. The van der Waals surface area contributed by atoms with Crippen LogP contribution in [-0.4, -0.2) is 26.4 Å². The van der Waals surface area contributed by atoms with E-state index in [0.29, 0.717) is 0 Å². The maximum Gasteiger partial charge on any atom is 0.125 e. The average Bonchev–Trinajstić information content (AvgIpc) is 2.84. The summed E-state index contributed by atoms with van der Waals surface area (Å²) in [5.41, 5.74) is 1.21. The van der Waals surface area contributed by atoms with Gasteiger partial charge in [0.05, 0.1) is 12.2 Å². The molecule has 0 aliphatic rings. The molecule has 0 aliphatic carbocycles. The molecule has 0 aromatic carbocycles. The van der Waals surface area contributed by atoms with Crippen LogP contribution in [0.3, 0.4) is 0 Å². The van der Waals surface area contributed by atoms with Gasteiger partial charge >= 0.3 is 0 Å². The zero-order valence-corrected chi connectivity index (χ0v) is 9.88. The van der Waals surface area contributed by atoms with Crippen molar-refractivity contribution in [1.29, 1.82) is 0 Å². The van der Waals surface area contributed by atoms with Crippen molar-refractivity contribution in [3.05, 3.63) is 36.2 Å². The predicted octanol–water partition coefficient (Wildman–Crippen LogP) is 0.657. The highest BCUT2D eigenvalue weighted by Gasteiger charge is 2.14. The topological polar surface area (TPSA) is 47.7 Å². The number of rotatable bonds is 4. The number of aryl methyl sites for hydroxylation is 2. The Bertz CT molecular complexity index is 456. The van der Waals surface area contributed by atoms with Crippen LogP contribution in [-0.2, 0) is 20.5 Å². The summed E-state index contributed by atoms with van der Waals surface area (Å²) in [4.78, 5) is 4.36. The van der Waals surface area contributed by atoms with Crippen LogP contribution in [0.5, 0.6) is 0 Å². The lowest BCUT2D eigenvalue weighted by molar-refractivity contribution is 0.538. The monoisotopic (exact) mass is 219 g/mol. The number of imidazole rings is 1. The molecule has 1 unspecified atom stereocenters. The Balaban J connectivity index is 2.15. The van der Waals surface area contributed by atoms with Gasteiger partial charge in [0, 0.05) is 32.7 Å². The molecule has 2 aromatic heterocycles. The zero-order chi connectivity index (χ0) is 11.5. The summed E-state index contributed by atoms with van der Waals surface area (Å²) in [6, 6.07) is 0.226. The van der Waals surface area contributed by atoms with Crippen LogP contribution in [0.15, 0.2) is 24.8 Å². The lowest BCUT2D eigenvalue weighted by atomic mass is 10.1. The van der Waals surface area contributed by atoms with Crippen molar-refractivity contribution < 1.29 is 0 Å². The maximum absolute atomic E-state index is 4.36. The Morgan fingerprint density at radius 2 is 2.25 bits per heavy atom. The van der Waals surface area contributed by atoms with E-state index in [4.69, 9.17) is 0 Å². The summed E-state index contributed by atoms with van der Waals surface area (Å²) in [7, 11) is 5.89. The molecule has 16 heavy (non-hydrogen) atoms. The van der Waals surface area contributed by atoms with E-state index in [9.17, 15) is 0 Å². The molecule has 0 saturated carbocycles. The highest BCUT2D eigenvalue weighted by Crippen LogP contribution is 2.15. The molecule has 0 amide bonds. The van der Waals surface area contributed by atoms with Gasteiger partial charge in [0.25, 0.3) is 0 Å². The molecule has 2 rings (SSSR count). The zero-order valence-electron chi connectivity index (χ0n) is 9.88. The van der Waals surface area contributed by atoms with Crippen LogP contribution < -0.4 is 5.32 Å². The van der Waals surface area contributed by atoms with Crippen molar-refractivity contribution in [1.82, 2.24) is 24.6 Å². The Morgan fingerprint density at radius 1 is 1.44 bits per heavy atom. The molecule has 2 aromatic rings. The fourth-order valence-electron chi connectivity index (χ4n) is 1.85. The fourth-order valence-corrected chi connectivity index (χ4v) is 1.85. The standard InChI is InChI=1S/C11H17N5/c1-12-10(11-13-4-5-15(11)2)6-9-7-14-16(3)8-9/h4-5,7-8,10,12H,6H2,1-3H3. The minimum atomic E-state index is 0.226. The minimum Gasteiger partial charge on any atom is -0.337 e. The molecular weight excluding hydrogens is 202 g/mol. The lowest BCUT2D eigenvalue weighted by Gasteiger charge is -2.14. The lowest BCUT2D eigenvalue weighted by Crippen LogP contribution is -2.22. The average molecular weight is 219 g/mol. The van der Waals surface area contributed by atoms with Crippen molar-refractivity contribution in [3.63, 3.8) is 0 Å². The third-order valence-electron chi connectivity index (χ3n) is 2.72. The number of likely N-dealkylation sites (N-methyl/N-ethyl adjacent to an activating group) is 1. The normalized spacial score (nSPS) is 12.9. The van der Waals surface area contributed by atoms with Gasteiger partial charge in [-0.05, 0) is 19.0 Å². The van der Waals surface area contributed by atoms with Gasteiger partial charge in [-0.1, -0.05) is 0 Å². The van der Waals surface area contributed by atoms with Gasteiger partial charge in [-0.25, -0.2) is 4.98 Å². The van der Waals surface area contributed by atoms with Crippen molar-refractivity contribution in [2.24, 2.45) is 14.1 Å². The first-order valence-corrected chi connectivity index (χ1v) is 5.32. The van der Waals surface area contributed by atoms with Crippen LogP contribution in [0, 0.1) is 0 Å². The van der Waals surface area contributed by atoms with Gasteiger partial charge < -0.3 is 9.88 Å². The largest absolute Gasteiger partial charge is 0.337 e. The van der Waals surface area contributed by atoms with Crippen LogP contribution in [0.4, 0.5) is 0 Å². The Morgan fingerprint density at radius 3 is 2.75 bits per heavy atom. The number of aromatic nitrogens is 4. The molecule has 0 bridgehead atoms. The van der Waals surface area contributed by atoms with Crippen LogP contribution in [0.25, 0.3) is 0 Å². The van der Waals surface area contributed by atoms with E-state index < -0.39 is 0 Å². The van der Waals surface area contributed by atoms with Crippen LogP contribution in [0.2, 0.25) is 0 Å². The van der Waals surface area contributed by atoms with Gasteiger partial charge in [-0.3, -0.25) is 4.68 Å². The molecule has 5 nitrogen and oxygen atoms in total. The minimum absolute atomic E-state index is 0.226. The summed E-state index contributed by atoms with van der Waals surface area (Å²) in [6.07, 6.45) is 8.61. The number of nitrogens with zero attached hydrogens (tertiary/aromatic N) is 4. The van der Waals surface area contributed by atoms with E-state index in [0.717, 1.165) is 12.2 Å². The van der Waals surface area contributed by atoms with E-state index in [1.54, 1.807) is 0 Å². The van der Waals surface area contributed by atoms with Gasteiger partial charge in [-0.2, -0.15) is 5.10 Å².